The maximum absolute atomic E-state index is 6.24. The first-order chi connectivity index (χ1) is 14.9. The van der Waals surface area contributed by atoms with Crippen molar-refractivity contribution in [1.82, 2.24) is 10.2 Å². The molecule has 3 rings (SSSR count). The highest BCUT2D eigenvalue weighted by Crippen LogP contribution is 2.44. The van der Waals surface area contributed by atoms with Crippen LogP contribution in [0.3, 0.4) is 0 Å². The molecule has 1 heterocycles. The highest BCUT2D eigenvalue weighted by Gasteiger charge is 2.40. The van der Waals surface area contributed by atoms with E-state index in [0.29, 0.717) is 17.4 Å². The van der Waals surface area contributed by atoms with Crippen LogP contribution in [0.5, 0.6) is 0 Å². The van der Waals surface area contributed by atoms with Crippen LogP contribution in [0.4, 0.5) is 0 Å². The van der Waals surface area contributed by atoms with Crippen LogP contribution in [0.1, 0.15) is 65.7 Å². The van der Waals surface area contributed by atoms with E-state index in [-0.39, 0.29) is 0 Å². The average Bonchev–Trinajstić information content (AvgIpc) is 2.73. The zero-order valence-electron chi connectivity index (χ0n) is 20.3. The topological polar surface area (TPSA) is 24.5 Å². The Balaban J connectivity index is 1.50. The van der Waals surface area contributed by atoms with Gasteiger partial charge in [-0.25, -0.2) is 0 Å². The molecular weight excluding hydrogens is 404 g/mol. The van der Waals surface area contributed by atoms with E-state index >= 15 is 0 Å². The molecule has 0 spiro atoms. The van der Waals surface area contributed by atoms with Crippen molar-refractivity contribution >= 4 is 11.6 Å². The number of allylic oxidation sites excluding steroid dienone is 4. The molecule has 3 unspecified atom stereocenters. The summed E-state index contributed by atoms with van der Waals surface area (Å²) in [5.41, 5.74) is 1.88. The van der Waals surface area contributed by atoms with E-state index in [2.05, 4.69) is 55.3 Å². The molecule has 1 aliphatic heterocycles. The molecule has 4 heteroatoms. The van der Waals surface area contributed by atoms with E-state index in [1.807, 2.05) is 0 Å². The number of nitrogens with zero attached hydrogens (tertiary/aromatic N) is 1. The lowest BCUT2D eigenvalue weighted by Gasteiger charge is -2.49. The lowest BCUT2D eigenvalue weighted by atomic mass is 9.65. The normalized spacial score (nSPS) is 30.0. The third-order valence-electron chi connectivity index (χ3n) is 7.71. The van der Waals surface area contributed by atoms with Crippen LogP contribution in [-0.2, 0) is 4.74 Å². The van der Waals surface area contributed by atoms with Crippen LogP contribution >= 0.6 is 11.6 Å². The van der Waals surface area contributed by atoms with Gasteiger partial charge in [-0.2, -0.15) is 0 Å². The predicted octanol–water partition coefficient (Wildman–Crippen LogP) is 6.16. The molecule has 0 amide bonds. The quantitative estimate of drug-likeness (QED) is 0.432. The Hall–Kier alpha value is -0.610. The van der Waals surface area contributed by atoms with Crippen molar-refractivity contribution in [3.8, 4) is 0 Å². The lowest BCUT2D eigenvalue weighted by molar-refractivity contribution is 0.0138. The van der Waals surface area contributed by atoms with Gasteiger partial charge in [0.25, 0.3) is 0 Å². The summed E-state index contributed by atoms with van der Waals surface area (Å²) in [6.45, 7) is 12.8. The number of ether oxygens (including phenoxy) is 1. The van der Waals surface area contributed by atoms with Crippen LogP contribution in [0.25, 0.3) is 0 Å². The molecular formula is C27H45ClN2O. The van der Waals surface area contributed by atoms with Gasteiger partial charge in [0.05, 0.1) is 6.61 Å². The fourth-order valence-electron chi connectivity index (χ4n) is 6.18. The smallest absolute Gasteiger partial charge is 0.0528 e. The zero-order chi connectivity index (χ0) is 22.3. The maximum atomic E-state index is 6.24. The largest absolute Gasteiger partial charge is 0.384 e. The fourth-order valence-corrected chi connectivity index (χ4v) is 6.38. The summed E-state index contributed by atoms with van der Waals surface area (Å²) < 4.78 is 5.36. The molecule has 0 radical (unpaired) electrons. The minimum atomic E-state index is 0.376. The number of hydrogen-bond donors (Lipinski definition) is 1. The van der Waals surface area contributed by atoms with Crippen molar-refractivity contribution in [1.29, 1.82) is 0 Å². The van der Waals surface area contributed by atoms with Gasteiger partial charge in [-0.15, -0.1) is 0 Å². The van der Waals surface area contributed by atoms with E-state index in [9.17, 15) is 0 Å². The molecule has 0 saturated carbocycles. The minimum Gasteiger partial charge on any atom is -0.384 e. The Morgan fingerprint density at radius 2 is 2.16 bits per heavy atom. The van der Waals surface area contributed by atoms with E-state index < -0.39 is 0 Å². The molecule has 1 saturated heterocycles. The number of nitrogens with one attached hydrogen (secondary N) is 1. The summed E-state index contributed by atoms with van der Waals surface area (Å²) in [7, 11) is 1.80. The molecule has 0 aromatic rings. The number of rotatable bonds is 10. The minimum absolute atomic E-state index is 0.376. The van der Waals surface area contributed by atoms with Gasteiger partial charge in [-0.3, -0.25) is 0 Å². The Bertz CT molecular complexity index is 654. The first-order valence-electron chi connectivity index (χ1n) is 12.6. The van der Waals surface area contributed by atoms with Crippen LogP contribution in [-0.4, -0.2) is 50.8 Å². The summed E-state index contributed by atoms with van der Waals surface area (Å²) in [6.07, 6.45) is 17.5. The van der Waals surface area contributed by atoms with Gasteiger partial charge in [0.1, 0.15) is 0 Å². The number of likely N-dealkylation sites (tertiary alicyclic amines) is 1. The zero-order valence-corrected chi connectivity index (χ0v) is 21.1. The van der Waals surface area contributed by atoms with Gasteiger partial charge in [-0.1, -0.05) is 68.7 Å². The molecule has 0 bridgehead atoms. The van der Waals surface area contributed by atoms with Crippen molar-refractivity contribution in [3.63, 3.8) is 0 Å². The summed E-state index contributed by atoms with van der Waals surface area (Å²) >= 11 is 6.24. The van der Waals surface area contributed by atoms with Crippen molar-refractivity contribution in [2.45, 2.75) is 71.8 Å². The van der Waals surface area contributed by atoms with Crippen molar-refractivity contribution in [2.75, 3.05) is 39.9 Å². The summed E-state index contributed by atoms with van der Waals surface area (Å²) in [6, 6.07) is 0.571. The fraction of sp³-hybridized carbons (Fsp3) is 0.778. The summed E-state index contributed by atoms with van der Waals surface area (Å²) in [4.78, 5) is 2.73. The van der Waals surface area contributed by atoms with Gasteiger partial charge in [0, 0.05) is 43.7 Å². The molecule has 3 nitrogen and oxygen atoms in total. The van der Waals surface area contributed by atoms with Crippen molar-refractivity contribution in [2.24, 2.45) is 23.2 Å². The highest BCUT2D eigenvalue weighted by molar-refractivity contribution is 6.29. The van der Waals surface area contributed by atoms with E-state index in [1.54, 1.807) is 7.11 Å². The molecule has 4 atom stereocenters. The lowest BCUT2D eigenvalue weighted by Crippen LogP contribution is -2.52. The number of hydrogen-bond acceptors (Lipinski definition) is 3. The third-order valence-corrected chi connectivity index (χ3v) is 8.05. The third kappa shape index (κ3) is 7.45. The van der Waals surface area contributed by atoms with Crippen molar-refractivity contribution < 1.29 is 4.74 Å². The monoisotopic (exact) mass is 448 g/mol. The standard InChI is InChI=1S/C27H45ClN2O/c1-5-7-25(29-17-21-8-6-9-22(16-21)19-31-4)18-30-15-14-26(27(2,3)20-30)23-10-12-24(28)13-11-23/h6,8-9,12,22-23,25-26,29H,5,7,10-11,13-20H2,1-4H3/t22?,23?,25-,26?/m1/s1. The van der Waals surface area contributed by atoms with Gasteiger partial charge >= 0.3 is 0 Å². The molecule has 1 fully saturated rings. The van der Waals surface area contributed by atoms with Crippen LogP contribution in [0.15, 0.2) is 34.9 Å². The molecule has 0 aromatic carbocycles. The average molecular weight is 449 g/mol. The second-order valence-electron chi connectivity index (χ2n) is 10.8. The molecule has 2 aliphatic carbocycles. The SMILES string of the molecule is CCC[C@H](CN1CCC(C2CC=C(Cl)CC2)C(C)(C)C1)NCC1=CC=CC(COC)C1. The van der Waals surface area contributed by atoms with E-state index in [1.165, 1.54) is 57.3 Å². The van der Waals surface area contributed by atoms with Crippen LogP contribution in [0.2, 0.25) is 0 Å². The highest BCUT2D eigenvalue weighted by atomic mass is 35.5. The van der Waals surface area contributed by atoms with Crippen molar-refractivity contribution in [3.05, 3.63) is 34.9 Å². The Morgan fingerprint density at radius 1 is 1.32 bits per heavy atom. The molecule has 3 aliphatic rings. The maximum Gasteiger partial charge on any atom is 0.0528 e. The number of halogens is 1. The van der Waals surface area contributed by atoms with Gasteiger partial charge in [0.15, 0.2) is 0 Å². The van der Waals surface area contributed by atoms with Gasteiger partial charge < -0.3 is 15.0 Å². The second-order valence-corrected chi connectivity index (χ2v) is 11.3. The molecule has 1 N–H and O–H groups in total. The molecule has 176 valence electrons. The Labute approximate surface area is 196 Å². The molecule has 0 aromatic heterocycles. The summed E-state index contributed by atoms with van der Waals surface area (Å²) in [5.74, 6) is 2.16. The number of methoxy groups -OCH3 is 1. The van der Waals surface area contributed by atoms with Crippen LogP contribution < -0.4 is 5.32 Å². The molecule has 31 heavy (non-hydrogen) atoms. The number of piperidine rings is 1. The second kappa shape index (κ2) is 12.0. The van der Waals surface area contributed by atoms with E-state index in [4.69, 9.17) is 16.3 Å². The van der Waals surface area contributed by atoms with E-state index in [0.717, 1.165) is 42.9 Å². The summed E-state index contributed by atoms with van der Waals surface area (Å²) in [5, 5.41) is 4.98. The first-order valence-corrected chi connectivity index (χ1v) is 12.9. The van der Waals surface area contributed by atoms with Gasteiger partial charge in [-0.05, 0) is 62.3 Å². The Morgan fingerprint density at radius 3 is 2.84 bits per heavy atom. The predicted molar refractivity (Wildman–Crippen MR) is 134 cm³/mol. The van der Waals surface area contributed by atoms with Gasteiger partial charge in [0.2, 0.25) is 0 Å². The van der Waals surface area contributed by atoms with Crippen LogP contribution in [0, 0.1) is 23.2 Å². The Kier molecular flexibility index (Phi) is 9.70. The first kappa shape index (κ1) is 25.0.